The molecule has 0 saturated heterocycles. The smallest absolute Gasteiger partial charge is 0.337 e. The minimum atomic E-state index is 0. The normalized spacial score (nSPS) is 10.8. The molecule has 18 rings (SSSR count). The van der Waals surface area contributed by atoms with Gasteiger partial charge < -0.3 is 9.97 Å². The summed E-state index contributed by atoms with van der Waals surface area (Å²) in [5.74, 6) is 1.68. The number of nitrogens with zero attached hydrogens (tertiary/aromatic N) is 14. The Morgan fingerprint density at radius 2 is 0.441 bits per heavy atom. The largest absolute Gasteiger partial charge is 3.00 e. The van der Waals surface area contributed by atoms with Gasteiger partial charge in [-0.1, -0.05) is 0 Å². The zero-order chi connectivity index (χ0) is 68.6. The third kappa shape index (κ3) is 16.0. The summed E-state index contributed by atoms with van der Waals surface area (Å²) in [4.78, 5) is 74.6. The first-order chi connectivity index (χ1) is 48.8. The summed E-state index contributed by atoms with van der Waals surface area (Å²) in [6.45, 7) is 16.5. The second-order valence-electron chi connectivity index (χ2n) is 24.3. The Morgan fingerprint density at radius 1 is 0.225 bits per heavy atom. The van der Waals surface area contributed by atoms with Crippen LogP contribution in [0.2, 0.25) is 0 Å². The van der Waals surface area contributed by atoms with Crippen molar-refractivity contribution in [2.75, 3.05) is 0 Å². The zero-order valence-corrected chi connectivity index (χ0v) is 62.0. The van der Waals surface area contributed by atoms with Gasteiger partial charge in [-0.15, -0.1) is 22.7 Å². The van der Waals surface area contributed by atoms with Gasteiger partial charge in [0.05, 0.1) is 99.4 Å². The fourth-order valence-electron chi connectivity index (χ4n) is 11.5. The maximum atomic E-state index is 5.06. The summed E-state index contributed by atoms with van der Waals surface area (Å²) in [5, 5.41) is 4.03. The number of aryl methyl sites for hydroxylation is 8. The molecule has 0 amide bonds. The number of imidazole rings is 2. The van der Waals surface area contributed by atoms with E-state index in [9.17, 15) is 0 Å². The van der Waals surface area contributed by atoms with Crippen LogP contribution in [-0.4, -0.2) is 79.7 Å². The first-order valence-corrected chi connectivity index (χ1v) is 34.1. The molecule has 16 nitrogen and oxygen atoms in total. The molecule has 20 heteroatoms. The number of thiophene rings is 2. The average Bonchev–Trinajstić information content (AvgIpc) is 1.22. The van der Waals surface area contributed by atoms with Gasteiger partial charge in [0.25, 0.3) is 0 Å². The van der Waals surface area contributed by atoms with Gasteiger partial charge in [-0.25, -0.2) is 9.97 Å². The number of aromatic amines is 2. The number of nitrogens with one attached hydrogen (secondary N) is 2. The molecule has 0 bridgehead atoms. The summed E-state index contributed by atoms with van der Waals surface area (Å²) in [7, 11) is 0. The van der Waals surface area contributed by atoms with Crippen LogP contribution in [0.25, 0.3) is 142 Å². The molecule has 18 aromatic rings. The first-order valence-electron chi connectivity index (χ1n) is 32.5. The standard InChI is InChI=1S/C34H18N8S2.4C12H12N2.2Ru/c1-5-17-25(35-13-1)26-18(6-2-14-36-26)30-29(17)39-33(40-30)23-11-9-21(43-23)22-10-12-24(44-22)34-41-31-19-7-3-15-37-27(19)28-20(32(31)42-34)8-4-16-38-28;4*1-9-3-5-13-11(7-9)12-8-10(2)4-6-14-12;;/h1-16H,(H,39,40)(H,41,42);4*3-8H,1-2H3;;/q;;;;;2*+3. The molecule has 0 spiro atoms. The maximum absolute atomic E-state index is 5.06. The SMILES string of the molecule is Cc1ccnc(-c2cc(C)ccn2)c1.Cc1ccnc(-c2cc(C)ccn2)c1.Cc1ccnc(-c2cc(C)ccn2)c1.Cc1ccnc(-c2cc(C)ccn2)c1.[Ru+3].[Ru+3].c1cnc2c(c1)c1nc(-c3ccc(-c4ccc(-c5nc6c7cccnc7c7ncccc7c6[nH]5)s4)s3)[nH]c1c1cccnc12. The van der Waals surface area contributed by atoms with Crippen LogP contribution in [-0.2, 0) is 39.0 Å². The van der Waals surface area contributed by atoms with Gasteiger partial charge in [0.2, 0.25) is 0 Å². The van der Waals surface area contributed by atoms with E-state index in [-0.39, 0.29) is 39.0 Å². The van der Waals surface area contributed by atoms with Gasteiger partial charge in [-0.05, 0) is 270 Å². The molecule has 2 aromatic carbocycles. The van der Waals surface area contributed by atoms with Gasteiger partial charge in [0.1, 0.15) is 11.6 Å². The summed E-state index contributed by atoms with van der Waals surface area (Å²) in [5.41, 5.74) is 24.4. The Kier molecular flexibility index (Phi) is 22.2. The van der Waals surface area contributed by atoms with Crippen molar-refractivity contribution in [3.05, 3.63) is 289 Å². The molecule has 0 fully saturated rings. The van der Waals surface area contributed by atoms with E-state index >= 15 is 0 Å². The molecule has 0 saturated carbocycles. The number of fused-ring (bicyclic) bond motifs is 12. The number of aromatic nitrogens is 16. The van der Waals surface area contributed by atoms with Crippen molar-refractivity contribution >= 4 is 88.4 Å². The Morgan fingerprint density at radius 3 is 0.676 bits per heavy atom. The van der Waals surface area contributed by atoms with Crippen LogP contribution in [0.1, 0.15) is 44.5 Å². The van der Waals surface area contributed by atoms with Crippen LogP contribution in [0.15, 0.2) is 244 Å². The Hall–Kier alpha value is -11.1. The van der Waals surface area contributed by atoms with E-state index in [2.05, 4.69) is 174 Å². The molecule has 0 unspecified atom stereocenters. The van der Waals surface area contributed by atoms with Gasteiger partial charge in [-0.2, -0.15) is 0 Å². The fraction of sp³-hybridized carbons (Fsp3) is 0.0976. The number of rotatable bonds is 7. The zero-order valence-electron chi connectivity index (χ0n) is 56.9. The molecule has 0 atom stereocenters. The van der Waals surface area contributed by atoms with Gasteiger partial charge in [0, 0.05) is 106 Å². The minimum Gasteiger partial charge on any atom is -0.337 e. The Bertz CT molecular complexity index is 5130. The summed E-state index contributed by atoms with van der Waals surface area (Å²) < 4.78 is 0. The number of H-pyrrole nitrogens is 2. The van der Waals surface area contributed by atoms with Crippen molar-refractivity contribution < 1.29 is 39.0 Å². The van der Waals surface area contributed by atoms with Crippen molar-refractivity contribution in [3.8, 4) is 76.7 Å². The van der Waals surface area contributed by atoms with Gasteiger partial charge >= 0.3 is 39.0 Å². The molecule has 0 aliphatic heterocycles. The van der Waals surface area contributed by atoms with Crippen LogP contribution in [0.3, 0.4) is 0 Å². The van der Waals surface area contributed by atoms with Crippen molar-refractivity contribution in [2.45, 2.75) is 55.4 Å². The monoisotopic (exact) mass is 1540 g/mol. The Labute approximate surface area is 623 Å². The second kappa shape index (κ2) is 32.0. The van der Waals surface area contributed by atoms with Gasteiger partial charge in [0.15, 0.2) is 0 Å². The summed E-state index contributed by atoms with van der Waals surface area (Å²) in [6.07, 6.45) is 21.7. The molecule has 2 N–H and O–H groups in total. The number of hydrogen-bond donors (Lipinski definition) is 2. The predicted molar refractivity (Wildman–Crippen MR) is 407 cm³/mol. The van der Waals surface area contributed by atoms with Crippen LogP contribution < -0.4 is 0 Å². The summed E-state index contributed by atoms with van der Waals surface area (Å²) in [6, 6.07) is 56.9. The molecule has 16 aromatic heterocycles. The van der Waals surface area contributed by atoms with Crippen LogP contribution in [0, 0.1) is 55.4 Å². The predicted octanol–water partition coefficient (Wildman–Crippen LogP) is 19.8. The van der Waals surface area contributed by atoms with Crippen LogP contribution in [0.5, 0.6) is 0 Å². The third-order valence-corrected chi connectivity index (χ3v) is 18.8. The third-order valence-electron chi connectivity index (χ3n) is 16.4. The van der Waals surface area contributed by atoms with E-state index in [1.54, 1.807) is 35.1 Å². The second-order valence-corrected chi connectivity index (χ2v) is 26.5. The summed E-state index contributed by atoms with van der Waals surface area (Å²) >= 11 is 3.44. The average molecular weight is 1540 g/mol. The molecular formula is C82H66N16Ru2S2+6. The molecule has 0 aliphatic carbocycles. The quantitative estimate of drug-likeness (QED) is 0.112. The maximum Gasteiger partial charge on any atom is 3.00 e. The fourth-order valence-corrected chi connectivity index (χ4v) is 13.5. The Balaban J connectivity index is 0.000000139. The molecule has 2 radical (unpaired) electrons. The number of pyridine rings is 12. The van der Waals surface area contributed by atoms with Crippen molar-refractivity contribution in [2.24, 2.45) is 0 Å². The van der Waals surface area contributed by atoms with E-state index in [4.69, 9.17) is 9.97 Å². The molecule has 0 aliphatic rings. The molecule has 102 heavy (non-hydrogen) atoms. The molecule has 16 heterocycles. The van der Waals surface area contributed by atoms with Crippen LogP contribution >= 0.6 is 22.7 Å². The van der Waals surface area contributed by atoms with Crippen molar-refractivity contribution in [1.29, 1.82) is 0 Å². The van der Waals surface area contributed by atoms with Gasteiger partial charge in [-0.3, -0.25) is 59.8 Å². The van der Waals surface area contributed by atoms with E-state index < -0.39 is 0 Å². The van der Waals surface area contributed by atoms with E-state index in [0.717, 1.165) is 133 Å². The van der Waals surface area contributed by atoms with Crippen molar-refractivity contribution in [1.82, 2.24) is 79.7 Å². The van der Waals surface area contributed by atoms with Crippen molar-refractivity contribution in [3.63, 3.8) is 0 Å². The molecule has 496 valence electrons. The first kappa shape index (κ1) is 70.7. The topological polar surface area (TPSA) is 212 Å². The van der Waals surface area contributed by atoms with E-state index in [1.807, 2.05) is 183 Å². The minimum absolute atomic E-state index is 0. The van der Waals surface area contributed by atoms with E-state index in [0.29, 0.717) is 0 Å². The van der Waals surface area contributed by atoms with E-state index in [1.165, 1.54) is 54.3 Å². The number of benzene rings is 2. The molecular weight excluding hydrogens is 1480 g/mol. The number of hydrogen-bond acceptors (Lipinski definition) is 16. The van der Waals surface area contributed by atoms with Crippen LogP contribution in [0.4, 0.5) is 0 Å².